The Kier molecular flexibility index (Phi) is 9.31. The molecule has 0 amide bonds. The molecule has 0 atom stereocenters. The van der Waals surface area contributed by atoms with Crippen LogP contribution < -0.4 is 0 Å². The second kappa shape index (κ2) is 10.1. The Morgan fingerprint density at radius 1 is 1.00 bits per heavy atom. The monoisotopic (exact) mass is 234 g/mol. The van der Waals surface area contributed by atoms with Gasteiger partial charge in [-0.05, 0) is 23.2 Å². The summed E-state index contributed by atoms with van der Waals surface area (Å²) in [4.78, 5) is 10.8. The van der Waals surface area contributed by atoms with Crippen molar-refractivity contribution in [1.82, 2.24) is 0 Å². The van der Waals surface area contributed by atoms with Gasteiger partial charge in [0.25, 0.3) is 0 Å². The van der Waals surface area contributed by atoms with Gasteiger partial charge in [0, 0.05) is 23.6 Å². The van der Waals surface area contributed by atoms with Crippen LogP contribution >= 0.6 is 23.2 Å². The first kappa shape index (κ1) is 13.0. The predicted octanol–water partition coefficient (Wildman–Crippen LogP) is 2.32. The van der Waals surface area contributed by atoms with Crippen molar-refractivity contribution >= 4 is 29.4 Å². The van der Waals surface area contributed by atoms with Gasteiger partial charge in [-0.1, -0.05) is 11.8 Å². The Bertz CT molecular complexity index is 252. The third-order valence-electron chi connectivity index (χ3n) is 1.03. The number of halogens is 2. The molecule has 76 valence electrons. The van der Waals surface area contributed by atoms with Crippen LogP contribution in [-0.4, -0.2) is 19.4 Å². The lowest BCUT2D eigenvalue weighted by molar-refractivity contribution is 0.0585. The van der Waals surface area contributed by atoms with Crippen LogP contribution in [0.25, 0.3) is 0 Å². The van der Waals surface area contributed by atoms with Gasteiger partial charge in [0.15, 0.2) is 0 Å². The van der Waals surface area contributed by atoms with Crippen molar-refractivity contribution in [3.8, 4) is 22.6 Å². The average molecular weight is 235 g/mol. The van der Waals surface area contributed by atoms with Crippen molar-refractivity contribution < 1.29 is 14.3 Å². The molecule has 0 N–H and O–H groups in total. The normalized spacial score (nSPS) is 7.57. The molecule has 3 nitrogen and oxygen atoms in total. The van der Waals surface area contributed by atoms with Gasteiger partial charge in [-0.2, -0.15) is 0 Å². The van der Waals surface area contributed by atoms with Gasteiger partial charge in [-0.3, -0.25) is 0 Å². The maximum absolute atomic E-state index is 10.8. The molecule has 0 aliphatic rings. The topological polar surface area (TPSA) is 35.5 Å². The van der Waals surface area contributed by atoms with Crippen LogP contribution in [0.2, 0.25) is 0 Å². The lowest BCUT2D eigenvalue weighted by Gasteiger charge is -2.01. The summed E-state index contributed by atoms with van der Waals surface area (Å²) in [6.07, 6.45) is 0.0397. The van der Waals surface area contributed by atoms with E-state index in [1.54, 1.807) is 0 Å². The van der Waals surface area contributed by atoms with E-state index in [0.29, 0.717) is 12.8 Å². The lowest BCUT2D eigenvalue weighted by atomic mass is 10.5. The van der Waals surface area contributed by atoms with E-state index >= 15 is 0 Å². The molecule has 0 bridgehead atoms. The van der Waals surface area contributed by atoms with Gasteiger partial charge in [-0.25, -0.2) is 4.79 Å². The van der Waals surface area contributed by atoms with Gasteiger partial charge in [-0.15, -0.1) is 0 Å². The number of ether oxygens (including phenoxy) is 2. The Morgan fingerprint density at radius 2 is 1.43 bits per heavy atom. The first-order chi connectivity index (χ1) is 6.81. The number of rotatable bonds is 4. The Balaban J connectivity index is 3.34. The molecule has 0 radical (unpaired) electrons. The van der Waals surface area contributed by atoms with Crippen molar-refractivity contribution in [2.75, 3.05) is 13.2 Å². The van der Waals surface area contributed by atoms with E-state index in [1.807, 2.05) is 0 Å². The molecule has 0 aromatic heterocycles. The largest absolute Gasteiger partial charge is 0.508 e. The first-order valence-corrected chi connectivity index (χ1v) is 4.53. The molecule has 0 heterocycles. The number of hydrogen-bond donors (Lipinski definition) is 0. The van der Waals surface area contributed by atoms with Crippen molar-refractivity contribution in [3.63, 3.8) is 0 Å². The van der Waals surface area contributed by atoms with Gasteiger partial charge in [0.1, 0.15) is 13.2 Å². The summed E-state index contributed by atoms with van der Waals surface area (Å²) in [6, 6.07) is 0. The van der Waals surface area contributed by atoms with Crippen LogP contribution in [0.1, 0.15) is 12.8 Å². The molecule has 0 aliphatic heterocycles. The van der Waals surface area contributed by atoms with Crippen molar-refractivity contribution in [3.05, 3.63) is 0 Å². The Morgan fingerprint density at radius 3 is 1.79 bits per heavy atom. The summed E-state index contributed by atoms with van der Waals surface area (Å²) in [6.45, 7) is 0.333. The van der Waals surface area contributed by atoms with Crippen LogP contribution in [0.3, 0.4) is 0 Å². The summed E-state index contributed by atoms with van der Waals surface area (Å²) in [5.74, 6) is 5.05. The third kappa shape index (κ3) is 9.06. The third-order valence-corrected chi connectivity index (χ3v) is 1.29. The molecule has 0 aliphatic carbocycles. The molecule has 0 fully saturated rings. The zero-order valence-corrected chi connectivity index (χ0v) is 8.82. The molecule has 14 heavy (non-hydrogen) atoms. The van der Waals surface area contributed by atoms with Crippen LogP contribution in [0.15, 0.2) is 0 Å². The second-order valence-corrected chi connectivity index (χ2v) is 2.37. The van der Waals surface area contributed by atoms with Crippen molar-refractivity contribution in [2.45, 2.75) is 12.8 Å². The molecule has 0 unspecified atom stereocenters. The Labute approximate surface area is 92.7 Å². The van der Waals surface area contributed by atoms with Gasteiger partial charge < -0.3 is 9.47 Å². The molecule has 0 aromatic rings. The maximum Gasteiger partial charge on any atom is 0.508 e. The highest BCUT2D eigenvalue weighted by atomic mass is 35.5. The van der Waals surface area contributed by atoms with Crippen LogP contribution in [-0.2, 0) is 9.47 Å². The van der Waals surface area contributed by atoms with E-state index < -0.39 is 6.16 Å². The van der Waals surface area contributed by atoms with E-state index in [4.69, 9.17) is 23.2 Å². The summed E-state index contributed by atoms with van der Waals surface area (Å²) >= 11 is 10.1. The molecule has 5 heteroatoms. The molecule has 0 saturated heterocycles. The van der Waals surface area contributed by atoms with E-state index in [1.165, 1.54) is 0 Å². The predicted molar refractivity (Wildman–Crippen MR) is 53.8 cm³/mol. The van der Waals surface area contributed by atoms with Gasteiger partial charge >= 0.3 is 6.16 Å². The quantitative estimate of drug-likeness (QED) is 0.426. The first-order valence-electron chi connectivity index (χ1n) is 3.77. The zero-order valence-electron chi connectivity index (χ0n) is 7.31. The maximum atomic E-state index is 10.8. The van der Waals surface area contributed by atoms with E-state index in [9.17, 15) is 4.79 Å². The average Bonchev–Trinajstić information content (AvgIpc) is 2.19. The molecule has 0 rings (SSSR count). The molecular weight excluding hydrogens is 227 g/mol. The zero-order chi connectivity index (χ0) is 10.6. The summed E-state index contributed by atoms with van der Waals surface area (Å²) in [5.41, 5.74) is 0. The highest BCUT2D eigenvalue weighted by Crippen LogP contribution is 1.89. The van der Waals surface area contributed by atoms with E-state index in [0.717, 1.165) is 0 Å². The number of hydrogen-bond acceptors (Lipinski definition) is 3. The van der Waals surface area contributed by atoms with Crippen LogP contribution in [0.5, 0.6) is 0 Å². The van der Waals surface area contributed by atoms with Gasteiger partial charge in [0.05, 0.1) is 0 Å². The fourth-order valence-corrected chi connectivity index (χ4v) is 0.696. The standard InChI is InChI=1S/C9H8Cl2O3/c10-5-1-3-7-13-9(12)14-8-4-2-6-11/h3-4,7-8H2. The lowest BCUT2D eigenvalue weighted by Crippen LogP contribution is -2.08. The number of carbonyl (C=O) groups is 1. The van der Waals surface area contributed by atoms with Crippen molar-refractivity contribution in [2.24, 2.45) is 0 Å². The van der Waals surface area contributed by atoms with Crippen molar-refractivity contribution in [1.29, 1.82) is 0 Å². The minimum Gasteiger partial charge on any atom is -0.433 e. The minimum atomic E-state index is -0.738. The minimum absolute atomic E-state index is 0.166. The highest BCUT2D eigenvalue weighted by Gasteiger charge is 2.00. The van der Waals surface area contributed by atoms with E-state index in [-0.39, 0.29) is 13.2 Å². The summed E-state index contributed by atoms with van der Waals surface area (Å²) in [7, 11) is 0. The number of carbonyl (C=O) groups excluding carboxylic acids is 1. The van der Waals surface area contributed by atoms with Gasteiger partial charge in [0.2, 0.25) is 0 Å². The highest BCUT2D eigenvalue weighted by molar-refractivity contribution is 6.30. The molecule has 0 spiro atoms. The Hall–Kier alpha value is -1.03. The molecule has 0 aromatic carbocycles. The SMILES string of the molecule is O=C(OCCC#CCl)OCCC#CCl. The van der Waals surface area contributed by atoms with E-state index in [2.05, 4.69) is 32.1 Å². The summed E-state index contributed by atoms with van der Waals surface area (Å²) in [5, 5.41) is 4.32. The van der Waals surface area contributed by atoms with Crippen LogP contribution in [0.4, 0.5) is 4.79 Å². The fraction of sp³-hybridized carbons (Fsp3) is 0.444. The fourth-order valence-electron chi connectivity index (χ4n) is 0.507. The smallest absolute Gasteiger partial charge is 0.433 e. The molecule has 0 saturated carbocycles. The van der Waals surface area contributed by atoms with Crippen LogP contribution in [0, 0.1) is 22.6 Å². The summed E-state index contributed by atoms with van der Waals surface area (Å²) < 4.78 is 9.24. The molecular formula is C9H8Cl2O3. The second-order valence-electron chi connectivity index (χ2n) is 1.99.